The van der Waals surface area contributed by atoms with Gasteiger partial charge in [0.25, 0.3) is 0 Å². The van der Waals surface area contributed by atoms with Gasteiger partial charge in [0.2, 0.25) is 0 Å². The van der Waals surface area contributed by atoms with Crippen molar-refractivity contribution >= 4 is 35.3 Å². The predicted octanol–water partition coefficient (Wildman–Crippen LogP) is 2.09. The molecule has 0 aromatic carbocycles. The molecule has 0 aromatic heterocycles. The molecule has 10 heavy (non-hydrogen) atoms. The first-order valence-corrected chi connectivity index (χ1v) is 6.86. The highest BCUT2D eigenvalue weighted by atomic mass is 32.2. The number of thioether (sulfide) groups is 3. The normalized spacial score (nSPS) is 56.4. The highest BCUT2D eigenvalue weighted by Gasteiger charge is 2.50. The van der Waals surface area contributed by atoms with Crippen LogP contribution in [-0.2, 0) is 0 Å². The van der Waals surface area contributed by atoms with Gasteiger partial charge in [0.15, 0.2) is 0 Å². The number of hydrogen-bond acceptors (Lipinski definition) is 3. The van der Waals surface area contributed by atoms with Crippen molar-refractivity contribution in [1.29, 1.82) is 0 Å². The summed E-state index contributed by atoms with van der Waals surface area (Å²) in [4.78, 5) is 0. The van der Waals surface area contributed by atoms with E-state index in [-0.39, 0.29) is 0 Å². The van der Waals surface area contributed by atoms with Gasteiger partial charge in [0.1, 0.15) is 0 Å². The number of hydrogen-bond donors (Lipinski definition) is 0. The monoisotopic (exact) mass is 190 g/mol. The van der Waals surface area contributed by atoms with Crippen LogP contribution in [0, 0.1) is 0 Å². The van der Waals surface area contributed by atoms with Crippen molar-refractivity contribution in [2.75, 3.05) is 11.5 Å². The molecular weight excluding hydrogens is 180 g/mol. The second-order valence-corrected chi connectivity index (χ2v) is 7.23. The summed E-state index contributed by atoms with van der Waals surface area (Å²) in [6, 6.07) is 0. The summed E-state index contributed by atoms with van der Waals surface area (Å²) in [5.41, 5.74) is 0. The zero-order valence-corrected chi connectivity index (χ0v) is 8.10. The third kappa shape index (κ3) is 1.32. The van der Waals surface area contributed by atoms with E-state index in [1.165, 1.54) is 17.9 Å². The van der Waals surface area contributed by atoms with Crippen LogP contribution in [0.1, 0.15) is 6.42 Å². The van der Waals surface area contributed by atoms with Crippen LogP contribution in [-0.4, -0.2) is 32.5 Å². The lowest BCUT2D eigenvalue weighted by Crippen LogP contribution is -2.02. The highest BCUT2D eigenvalue weighted by molar-refractivity contribution is 8.12. The maximum Gasteiger partial charge on any atom is 0.0297 e. The quantitative estimate of drug-likeness (QED) is 0.626. The summed E-state index contributed by atoms with van der Waals surface area (Å²) >= 11 is 6.55. The molecule has 0 amide bonds. The van der Waals surface area contributed by atoms with Crippen LogP contribution < -0.4 is 0 Å². The van der Waals surface area contributed by atoms with Gasteiger partial charge in [-0.3, -0.25) is 0 Å². The van der Waals surface area contributed by atoms with Gasteiger partial charge >= 0.3 is 0 Å². The molecule has 3 rings (SSSR count). The molecule has 3 aliphatic rings. The van der Waals surface area contributed by atoms with Crippen LogP contribution in [0.3, 0.4) is 0 Å². The van der Waals surface area contributed by atoms with Crippen molar-refractivity contribution in [3.05, 3.63) is 0 Å². The largest absolute Gasteiger partial charge is 0.157 e. The lowest BCUT2D eigenvalue weighted by molar-refractivity contribution is 0.820. The van der Waals surface area contributed by atoms with Gasteiger partial charge in [0.05, 0.1) is 0 Å². The van der Waals surface area contributed by atoms with Crippen molar-refractivity contribution in [1.82, 2.24) is 0 Å². The van der Waals surface area contributed by atoms with Crippen molar-refractivity contribution in [2.24, 2.45) is 0 Å². The summed E-state index contributed by atoms with van der Waals surface area (Å²) in [6.45, 7) is 0. The molecule has 0 aliphatic carbocycles. The van der Waals surface area contributed by atoms with E-state index < -0.39 is 0 Å². The van der Waals surface area contributed by atoms with Crippen molar-refractivity contribution < 1.29 is 0 Å². The summed E-state index contributed by atoms with van der Waals surface area (Å²) < 4.78 is 0. The van der Waals surface area contributed by atoms with Gasteiger partial charge in [-0.15, -0.1) is 0 Å². The van der Waals surface area contributed by atoms with Crippen LogP contribution in [0.2, 0.25) is 0 Å². The molecular formula is C7H10S3. The Hall–Kier alpha value is 1.05. The van der Waals surface area contributed by atoms with Gasteiger partial charge < -0.3 is 0 Å². The molecule has 0 radical (unpaired) electrons. The van der Waals surface area contributed by atoms with Crippen molar-refractivity contribution in [3.8, 4) is 0 Å². The predicted molar refractivity (Wildman–Crippen MR) is 52.3 cm³/mol. The molecule has 3 saturated heterocycles. The fourth-order valence-electron chi connectivity index (χ4n) is 1.38. The zero-order chi connectivity index (χ0) is 6.55. The third-order valence-electron chi connectivity index (χ3n) is 2.24. The second-order valence-electron chi connectivity index (χ2n) is 3.20. The summed E-state index contributed by atoms with van der Waals surface area (Å²) in [5, 5.41) is 4.33. The van der Waals surface area contributed by atoms with Crippen LogP contribution in [0.5, 0.6) is 0 Å². The molecule has 4 atom stereocenters. The van der Waals surface area contributed by atoms with E-state index in [9.17, 15) is 0 Å². The standard InChI is InChI=1S/C7H10S3/c1(4-2-8-4)5-7(10-5)6-3-9-6/h4-7H,1-3H2. The van der Waals surface area contributed by atoms with E-state index in [4.69, 9.17) is 0 Å². The Labute approximate surface area is 74.3 Å². The van der Waals surface area contributed by atoms with E-state index in [0.29, 0.717) is 0 Å². The molecule has 0 aromatic rings. The highest BCUT2D eigenvalue weighted by Crippen LogP contribution is 2.57. The Morgan fingerprint density at radius 3 is 2.60 bits per heavy atom. The Kier molecular flexibility index (Phi) is 1.49. The molecule has 0 spiro atoms. The second kappa shape index (κ2) is 2.27. The van der Waals surface area contributed by atoms with Gasteiger partial charge in [-0.2, -0.15) is 35.3 Å². The first-order chi connectivity index (χ1) is 4.93. The lowest BCUT2D eigenvalue weighted by atomic mass is 10.2. The Morgan fingerprint density at radius 2 is 2.00 bits per heavy atom. The molecule has 4 unspecified atom stereocenters. The summed E-state index contributed by atoms with van der Waals surface area (Å²) in [7, 11) is 0. The van der Waals surface area contributed by atoms with Crippen LogP contribution in [0.4, 0.5) is 0 Å². The van der Waals surface area contributed by atoms with Crippen molar-refractivity contribution in [2.45, 2.75) is 27.4 Å². The fraction of sp³-hybridized carbons (Fsp3) is 1.00. The van der Waals surface area contributed by atoms with Gasteiger partial charge in [-0.05, 0) is 6.42 Å². The molecule has 3 fully saturated rings. The molecule has 3 heteroatoms. The first-order valence-electron chi connectivity index (χ1n) is 3.82. The topological polar surface area (TPSA) is 0 Å². The van der Waals surface area contributed by atoms with E-state index in [2.05, 4.69) is 35.3 Å². The minimum absolute atomic E-state index is 1.08. The summed E-state index contributed by atoms with van der Waals surface area (Å²) in [5.74, 6) is 2.92. The molecule has 0 nitrogen and oxygen atoms in total. The average molecular weight is 190 g/mol. The maximum atomic E-state index is 2.24. The van der Waals surface area contributed by atoms with Crippen LogP contribution in [0.15, 0.2) is 0 Å². The average Bonchev–Trinajstić information content (AvgIpc) is 2.74. The molecule has 0 saturated carbocycles. The number of rotatable bonds is 3. The van der Waals surface area contributed by atoms with E-state index in [1.807, 2.05) is 0 Å². The van der Waals surface area contributed by atoms with Gasteiger partial charge in [-0.1, -0.05) is 0 Å². The van der Waals surface area contributed by atoms with Crippen molar-refractivity contribution in [3.63, 3.8) is 0 Å². The van der Waals surface area contributed by atoms with E-state index in [0.717, 1.165) is 21.0 Å². The van der Waals surface area contributed by atoms with Gasteiger partial charge in [0, 0.05) is 32.5 Å². The fourth-order valence-corrected chi connectivity index (χ4v) is 4.69. The molecule has 56 valence electrons. The smallest absolute Gasteiger partial charge is 0.0297 e. The molecule has 0 bridgehead atoms. The third-order valence-corrected chi connectivity index (χ3v) is 5.92. The van der Waals surface area contributed by atoms with E-state index in [1.54, 1.807) is 0 Å². The summed E-state index contributed by atoms with van der Waals surface area (Å²) in [6.07, 6.45) is 1.52. The lowest BCUT2D eigenvalue weighted by Gasteiger charge is -1.89. The Bertz CT molecular complexity index is 151. The first kappa shape index (κ1) is 6.55. The Morgan fingerprint density at radius 1 is 1.20 bits per heavy atom. The molecule has 3 aliphatic heterocycles. The molecule has 3 heterocycles. The SMILES string of the molecule is C1SC1CC1SC1C1CS1. The Balaban J connectivity index is 1.48. The van der Waals surface area contributed by atoms with Gasteiger partial charge in [-0.25, -0.2) is 0 Å². The molecule has 0 N–H and O–H groups in total. The minimum atomic E-state index is 1.08. The maximum absolute atomic E-state index is 2.24. The van der Waals surface area contributed by atoms with E-state index >= 15 is 0 Å². The minimum Gasteiger partial charge on any atom is -0.157 e. The zero-order valence-electron chi connectivity index (χ0n) is 5.66. The van der Waals surface area contributed by atoms with Crippen LogP contribution in [0.25, 0.3) is 0 Å². The van der Waals surface area contributed by atoms with Crippen LogP contribution >= 0.6 is 35.3 Å².